The molecule has 0 N–H and O–H groups in total. The van der Waals surface area contributed by atoms with Gasteiger partial charge in [0.05, 0.1) is 0 Å². The quantitative estimate of drug-likeness (QED) is 0.504. The van der Waals surface area contributed by atoms with Crippen molar-refractivity contribution < 1.29 is 9.13 Å². The monoisotopic (exact) mass is 362 g/mol. The van der Waals surface area contributed by atoms with Gasteiger partial charge in [0.25, 0.3) is 0 Å². The first-order valence-corrected chi connectivity index (χ1v) is 11.4. The summed E-state index contributed by atoms with van der Waals surface area (Å²) in [5.74, 6) is 2.62. The van der Waals surface area contributed by atoms with Crippen LogP contribution in [-0.2, 0) is 4.74 Å². The average Bonchev–Trinajstić information content (AvgIpc) is 2.97. The van der Waals surface area contributed by atoms with Gasteiger partial charge in [0.15, 0.2) is 0 Å². The normalized spacial score (nSPS) is 49.5. The molecule has 2 unspecified atom stereocenters. The van der Waals surface area contributed by atoms with E-state index in [4.69, 9.17) is 4.74 Å². The summed E-state index contributed by atoms with van der Waals surface area (Å²) < 4.78 is 21.8. The second-order valence-electron chi connectivity index (χ2n) is 10.2. The summed E-state index contributed by atoms with van der Waals surface area (Å²) in [5, 5.41) is 0. The third kappa shape index (κ3) is 2.90. The zero-order chi connectivity index (χ0) is 18.4. The van der Waals surface area contributed by atoms with Gasteiger partial charge in [0.2, 0.25) is 0 Å². The van der Waals surface area contributed by atoms with Gasteiger partial charge in [-0.05, 0) is 99.2 Å². The lowest BCUT2D eigenvalue weighted by Gasteiger charge is -2.58. The first-order chi connectivity index (χ1) is 12.5. The number of halogens is 1. The van der Waals surface area contributed by atoms with Gasteiger partial charge in [-0.2, -0.15) is 0 Å². The standard InChI is InChI=1S/C24H39FO/c1-4-5-6-18-8-10-21-20-9-7-19-15-17(16-26-3)11-14-24(19,25)22(20)12-13-23(18,21)2/h6,17,19-22H,4-5,7-16H2,1-3H3/b18-6-/t17-,19+,20-,21?,22?,23+,24+/m0/s1. The molecular weight excluding hydrogens is 323 g/mol. The van der Waals surface area contributed by atoms with Crippen molar-refractivity contribution in [2.45, 2.75) is 90.1 Å². The average molecular weight is 363 g/mol. The van der Waals surface area contributed by atoms with Gasteiger partial charge in [-0.1, -0.05) is 31.9 Å². The van der Waals surface area contributed by atoms with Crippen LogP contribution in [0.3, 0.4) is 0 Å². The number of rotatable bonds is 4. The molecule has 4 fully saturated rings. The highest BCUT2D eigenvalue weighted by Gasteiger charge is 2.61. The molecular formula is C24H39FO. The van der Waals surface area contributed by atoms with E-state index in [9.17, 15) is 0 Å². The third-order valence-corrected chi connectivity index (χ3v) is 9.06. The van der Waals surface area contributed by atoms with Gasteiger partial charge in [0.1, 0.15) is 5.67 Å². The number of hydrogen-bond donors (Lipinski definition) is 0. The summed E-state index contributed by atoms with van der Waals surface area (Å²) in [6, 6.07) is 0. The molecule has 0 radical (unpaired) electrons. The number of fused-ring (bicyclic) bond motifs is 5. The second kappa shape index (κ2) is 7.22. The van der Waals surface area contributed by atoms with E-state index in [0.29, 0.717) is 29.1 Å². The zero-order valence-electron chi connectivity index (χ0n) is 17.2. The fourth-order valence-corrected chi connectivity index (χ4v) is 7.76. The summed E-state index contributed by atoms with van der Waals surface area (Å²) in [6.45, 7) is 5.62. The second-order valence-corrected chi connectivity index (χ2v) is 10.2. The van der Waals surface area contributed by atoms with Gasteiger partial charge in [0, 0.05) is 13.7 Å². The number of hydrogen-bond acceptors (Lipinski definition) is 1. The van der Waals surface area contributed by atoms with Crippen LogP contribution in [0.2, 0.25) is 0 Å². The predicted octanol–water partition coefficient (Wildman–Crippen LogP) is 6.72. The van der Waals surface area contributed by atoms with Crippen molar-refractivity contribution in [3.63, 3.8) is 0 Å². The van der Waals surface area contributed by atoms with E-state index in [0.717, 1.165) is 44.6 Å². The highest BCUT2D eigenvalue weighted by atomic mass is 19.1. The Morgan fingerprint density at radius 1 is 1.12 bits per heavy atom. The van der Waals surface area contributed by atoms with Crippen LogP contribution >= 0.6 is 0 Å². The molecule has 0 spiro atoms. The van der Waals surface area contributed by atoms with E-state index in [-0.39, 0.29) is 0 Å². The minimum absolute atomic E-state index is 0.304. The van der Waals surface area contributed by atoms with E-state index in [1.165, 1.54) is 38.5 Å². The summed E-state index contributed by atoms with van der Waals surface area (Å²) in [4.78, 5) is 0. The van der Waals surface area contributed by atoms with Crippen LogP contribution in [0, 0.1) is 35.0 Å². The molecule has 26 heavy (non-hydrogen) atoms. The first-order valence-electron chi connectivity index (χ1n) is 11.4. The van der Waals surface area contributed by atoms with Crippen molar-refractivity contribution in [2.75, 3.05) is 13.7 Å². The maximum atomic E-state index is 16.4. The Bertz CT molecular complexity index is 542. The van der Waals surface area contributed by atoms with E-state index in [1.54, 1.807) is 12.7 Å². The Morgan fingerprint density at radius 3 is 2.73 bits per heavy atom. The molecule has 0 aromatic heterocycles. The van der Waals surface area contributed by atoms with Crippen LogP contribution in [-0.4, -0.2) is 19.4 Å². The molecule has 4 rings (SSSR count). The molecule has 0 aromatic rings. The topological polar surface area (TPSA) is 9.23 Å². The highest BCUT2D eigenvalue weighted by molar-refractivity contribution is 5.24. The number of unbranched alkanes of at least 4 members (excludes halogenated alkanes) is 1. The van der Waals surface area contributed by atoms with Gasteiger partial charge in [-0.3, -0.25) is 0 Å². The van der Waals surface area contributed by atoms with Crippen LogP contribution in [0.15, 0.2) is 11.6 Å². The number of allylic oxidation sites excluding steroid dienone is 2. The summed E-state index contributed by atoms with van der Waals surface area (Å²) in [7, 11) is 1.79. The van der Waals surface area contributed by atoms with Crippen molar-refractivity contribution in [1.82, 2.24) is 0 Å². The molecule has 0 amide bonds. The largest absolute Gasteiger partial charge is 0.384 e. The van der Waals surface area contributed by atoms with Gasteiger partial charge >= 0.3 is 0 Å². The highest BCUT2D eigenvalue weighted by Crippen LogP contribution is 2.66. The number of alkyl halides is 1. The maximum Gasteiger partial charge on any atom is 0.117 e. The lowest BCUT2D eigenvalue weighted by atomic mass is 9.48. The predicted molar refractivity (Wildman–Crippen MR) is 106 cm³/mol. The Balaban J connectivity index is 1.53. The molecule has 0 aliphatic heterocycles. The molecule has 0 heterocycles. The maximum absolute atomic E-state index is 16.4. The molecule has 7 atom stereocenters. The van der Waals surface area contributed by atoms with Crippen molar-refractivity contribution in [1.29, 1.82) is 0 Å². The van der Waals surface area contributed by atoms with Crippen molar-refractivity contribution >= 4 is 0 Å². The summed E-state index contributed by atoms with van der Waals surface area (Å²) >= 11 is 0. The van der Waals surface area contributed by atoms with Gasteiger partial charge in [-0.15, -0.1) is 0 Å². The lowest BCUT2D eigenvalue weighted by molar-refractivity contribution is -0.134. The SMILES string of the molecule is CCC/C=C1/CCC2[C@@H]3CC[C@@H]4C[C@@H](COC)CC[C@]4(F)C3CC[C@]12C. The smallest absolute Gasteiger partial charge is 0.117 e. The van der Waals surface area contributed by atoms with Crippen LogP contribution in [0.25, 0.3) is 0 Å². The molecule has 4 aliphatic carbocycles. The van der Waals surface area contributed by atoms with E-state index in [2.05, 4.69) is 19.9 Å². The molecule has 2 heteroatoms. The van der Waals surface area contributed by atoms with E-state index >= 15 is 4.39 Å². The van der Waals surface area contributed by atoms with E-state index < -0.39 is 5.67 Å². The fourth-order valence-electron chi connectivity index (χ4n) is 7.76. The molecule has 0 saturated heterocycles. The molecule has 4 saturated carbocycles. The molecule has 4 aliphatic rings. The minimum atomic E-state index is -0.871. The van der Waals surface area contributed by atoms with E-state index in [1.807, 2.05) is 0 Å². The van der Waals surface area contributed by atoms with Crippen molar-refractivity contribution in [3.8, 4) is 0 Å². The Morgan fingerprint density at radius 2 is 1.96 bits per heavy atom. The van der Waals surface area contributed by atoms with Crippen molar-refractivity contribution in [3.05, 3.63) is 11.6 Å². The van der Waals surface area contributed by atoms with Crippen LogP contribution in [0.4, 0.5) is 4.39 Å². The molecule has 1 nitrogen and oxygen atoms in total. The van der Waals surface area contributed by atoms with Crippen LogP contribution in [0.5, 0.6) is 0 Å². The molecule has 0 bridgehead atoms. The summed E-state index contributed by atoms with van der Waals surface area (Å²) in [6.07, 6.45) is 15.3. The van der Waals surface area contributed by atoms with Crippen molar-refractivity contribution in [2.24, 2.45) is 35.0 Å². The Labute approximate surface area is 160 Å². The Hall–Kier alpha value is -0.370. The van der Waals surface area contributed by atoms with Crippen LogP contribution in [0.1, 0.15) is 84.5 Å². The Kier molecular flexibility index (Phi) is 5.27. The molecule has 148 valence electrons. The lowest BCUT2D eigenvalue weighted by Crippen LogP contribution is -2.56. The van der Waals surface area contributed by atoms with Crippen LogP contribution < -0.4 is 0 Å². The fraction of sp³-hybridized carbons (Fsp3) is 0.917. The minimum Gasteiger partial charge on any atom is -0.384 e. The number of ether oxygens (including phenoxy) is 1. The number of methoxy groups -OCH3 is 1. The summed E-state index contributed by atoms with van der Waals surface area (Å²) in [5.41, 5.74) is 1.23. The first kappa shape index (κ1) is 19.0. The third-order valence-electron chi connectivity index (χ3n) is 9.06. The van der Waals surface area contributed by atoms with Gasteiger partial charge < -0.3 is 4.74 Å². The van der Waals surface area contributed by atoms with Gasteiger partial charge in [-0.25, -0.2) is 4.39 Å². The molecule has 0 aromatic carbocycles. The zero-order valence-corrected chi connectivity index (χ0v) is 17.2.